The molecule has 134 valence electrons. The summed E-state index contributed by atoms with van der Waals surface area (Å²) in [4.78, 5) is 26.3. The van der Waals surface area contributed by atoms with Gasteiger partial charge in [-0.1, -0.05) is 6.07 Å². The first-order valence-electron chi connectivity index (χ1n) is 8.22. The average Bonchev–Trinajstić information content (AvgIpc) is 2.54. The van der Waals surface area contributed by atoms with E-state index in [2.05, 4.69) is 10.2 Å². The van der Waals surface area contributed by atoms with Crippen LogP contribution in [-0.4, -0.2) is 44.0 Å². The maximum absolute atomic E-state index is 12.0. The second-order valence-corrected chi connectivity index (χ2v) is 6.50. The lowest BCUT2D eigenvalue weighted by Gasteiger charge is -2.31. The van der Waals surface area contributed by atoms with Gasteiger partial charge >= 0.3 is 11.9 Å². The molecule has 0 aliphatic carbocycles. The number of esters is 2. The van der Waals surface area contributed by atoms with Crippen LogP contribution in [0.25, 0.3) is 0 Å². The number of cyclic esters (lactones) is 2. The van der Waals surface area contributed by atoms with Crippen molar-refractivity contribution in [2.45, 2.75) is 26.6 Å². The summed E-state index contributed by atoms with van der Waals surface area (Å²) in [6.45, 7) is 7.92. The van der Waals surface area contributed by atoms with Crippen LogP contribution in [0.15, 0.2) is 30.0 Å². The zero-order valence-corrected chi connectivity index (χ0v) is 14.6. The Labute approximate surface area is 146 Å². The van der Waals surface area contributed by atoms with Crippen molar-refractivity contribution < 1.29 is 23.8 Å². The van der Waals surface area contributed by atoms with E-state index in [4.69, 9.17) is 14.2 Å². The van der Waals surface area contributed by atoms with E-state index in [1.54, 1.807) is 0 Å². The molecule has 0 atom stereocenters. The van der Waals surface area contributed by atoms with Crippen LogP contribution in [0.2, 0.25) is 0 Å². The number of carbonyl (C=O) groups is 2. The van der Waals surface area contributed by atoms with Gasteiger partial charge in [-0.25, -0.2) is 9.59 Å². The number of carbonyl (C=O) groups excluding carboxylic acids is 2. The Bertz CT molecular complexity index is 698. The summed E-state index contributed by atoms with van der Waals surface area (Å²) in [6, 6.07) is 6.00. The number of benzene rings is 1. The Hall–Kier alpha value is -2.54. The van der Waals surface area contributed by atoms with Gasteiger partial charge in [-0.3, -0.25) is 0 Å². The topological polar surface area (TPSA) is 77.1 Å². The van der Waals surface area contributed by atoms with Gasteiger partial charge in [-0.05, 0) is 24.6 Å². The average molecular weight is 346 g/mol. The van der Waals surface area contributed by atoms with Gasteiger partial charge in [0.2, 0.25) is 0 Å². The third kappa shape index (κ3) is 3.93. The number of nitrogens with one attached hydrogen (secondary N) is 1. The molecule has 0 bridgehead atoms. The van der Waals surface area contributed by atoms with Crippen LogP contribution < -0.4 is 10.2 Å². The lowest BCUT2D eigenvalue weighted by Crippen LogP contribution is -2.42. The highest BCUT2D eigenvalue weighted by molar-refractivity contribution is 6.15. The largest absolute Gasteiger partial charge is 0.419 e. The Morgan fingerprint density at radius 1 is 1.12 bits per heavy atom. The minimum atomic E-state index is -1.24. The van der Waals surface area contributed by atoms with Gasteiger partial charge in [0, 0.05) is 33.1 Å². The number of hydrogen-bond donors (Lipinski definition) is 1. The first-order chi connectivity index (χ1) is 11.9. The molecule has 1 aromatic rings. The molecule has 7 nitrogen and oxygen atoms in total. The van der Waals surface area contributed by atoms with Crippen LogP contribution in [0.5, 0.6) is 0 Å². The van der Waals surface area contributed by atoms with E-state index in [-0.39, 0.29) is 5.57 Å². The van der Waals surface area contributed by atoms with Crippen LogP contribution in [0.4, 0.5) is 11.4 Å². The predicted octanol–water partition coefficient (Wildman–Crippen LogP) is 1.96. The van der Waals surface area contributed by atoms with Crippen molar-refractivity contribution in [3.63, 3.8) is 0 Å². The summed E-state index contributed by atoms with van der Waals surface area (Å²) in [7, 11) is 0. The molecule has 2 saturated heterocycles. The maximum Gasteiger partial charge on any atom is 0.350 e. The zero-order valence-electron chi connectivity index (χ0n) is 14.6. The van der Waals surface area contributed by atoms with Gasteiger partial charge in [0.1, 0.15) is 0 Å². The fourth-order valence-corrected chi connectivity index (χ4v) is 2.77. The summed E-state index contributed by atoms with van der Waals surface area (Å²) in [6.07, 6.45) is 1.35. The summed E-state index contributed by atoms with van der Waals surface area (Å²) >= 11 is 0. The zero-order chi connectivity index (χ0) is 18.0. The first kappa shape index (κ1) is 17.3. The van der Waals surface area contributed by atoms with Gasteiger partial charge in [0.25, 0.3) is 5.79 Å². The van der Waals surface area contributed by atoms with Crippen LogP contribution >= 0.6 is 0 Å². The summed E-state index contributed by atoms with van der Waals surface area (Å²) in [5.74, 6) is -2.64. The Morgan fingerprint density at radius 2 is 1.76 bits per heavy atom. The molecule has 0 saturated carbocycles. The van der Waals surface area contributed by atoms with Crippen LogP contribution in [0.3, 0.4) is 0 Å². The van der Waals surface area contributed by atoms with Gasteiger partial charge in [0.15, 0.2) is 5.57 Å². The van der Waals surface area contributed by atoms with Crippen molar-refractivity contribution in [3.8, 4) is 0 Å². The quantitative estimate of drug-likeness (QED) is 0.509. The van der Waals surface area contributed by atoms with Crippen molar-refractivity contribution in [1.82, 2.24) is 0 Å². The molecule has 0 aromatic heterocycles. The van der Waals surface area contributed by atoms with Crippen molar-refractivity contribution >= 4 is 23.3 Å². The number of aryl methyl sites for hydroxylation is 1. The highest BCUT2D eigenvalue weighted by Crippen LogP contribution is 2.29. The number of anilines is 2. The number of morpholine rings is 1. The molecule has 7 heteroatoms. The summed E-state index contributed by atoms with van der Waals surface area (Å²) in [5.41, 5.74) is 2.70. The molecule has 1 aromatic carbocycles. The molecule has 1 N–H and O–H groups in total. The van der Waals surface area contributed by atoms with E-state index >= 15 is 0 Å². The van der Waals surface area contributed by atoms with E-state index in [1.165, 1.54) is 20.0 Å². The van der Waals surface area contributed by atoms with Crippen LogP contribution in [0.1, 0.15) is 19.4 Å². The molecule has 0 radical (unpaired) electrons. The summed E-state index contributed by atoms with van der Waals surface area (Å²) < 4.78 is 15.6. The second kappa shape index (κ2) is 6.76. The Kier molecular flexibility index (Phi) is 4.67. The highest BCUT2D eigenvalue weighted by atomic mass is 16.7. The normalized spacial score (nSPS) is 20.0. The van der Waals surface area contributed by atoms with E-state index in [9.17, 15) is 9.59 Å². The van der Waals surface area contributed by atoms with Gasteiger partial charge in [0.05, 0.1) is 24.6 Å². The van der Waals surface area contributed by atoms with Crippen molar-refractivity contribution in [2.75, 3.05) is 36.5 Å². The number of rotatable bonds is 3. The SMILES string of the molecule is Cc1ccc(N2CCOCC2)c(NC=C2C(=O)OC(C)(C)OC2=O)c1. The van der Waals surface area contributed by atoms with Crippen molar-refractivity contribution in [2.24, 2.45) is 0 Å². The third-order valence-corrected chi connectivity index (χ3v) is 3.99. The Balaban J connectivity index is 1.84. The lowest BCUT2D eigenvalue weighted by molar-refractivity contribution is -0.222. The highest BCUT2D eigenvalue weighted by Gasteiger charge is 2.39. The maximum atomic E-state index is 12.0. The molecular weight excluding hydrogens is 324 g/mol. The monoisotopic (exact) mass is 346 g/mol. The Morgan fingerprint density at radius 3 is 2.40 bits per heavy atom. The molecule has 0 amide bonds. The minimum absolute atomic E-state index is 0.159. The molecule has 2 heterocycles. The number of ether oxygens (including phenoxy) is 3. The number of nitrogens with zero attached hydrogens (tertiary/aromatic N) is 1. The second-order valence-electron chi connectivity index (χ2n) is 6.50. The lowest BCUT2D eigenvalue weighted by atomic mass is 10.1. The molecule has 0 spiro atoms. The van der Waals surface area contributed by atoms with Crippen LogP contribution in [0, 0.1) is 6.92 Å². The van der Waals surface area contributed by atoms with E-state index in [0.717, 1.165) is 30.0 Å². The van der Waals surface area contributed by atoms with Crippen molar-refractivity contribution in [1.29, 1.82) is 0 Å². The van der Waals surface area contributed by atoms with E-state index in [0.29, 0.717) is 13.2 Å². The first-order valence-corrected chi connectivity index (χ1v) is 8.22. The molecule has 25 heavy (non-hydrogen) atoms. The van der Waals surface area contributed by atoms with Gasteiger partial charge in [-0.2, -0.15) is 0 Å². The summed E-state index contributed by atoms with van der Waals surface area (Å²) in [5, 5.41) is 3.06. The molecule has 2 aliphatic rings. The fourth-order valence-electron chi connectivity index (χ4n) is 2.77. The van der Waals surface area contributed by atoms with Crippen molar-refractivity contribution in [3.05, 3.63) is 35.5 Å². The molecule has 2 fully saturated rings. The third-order valence-electron chi connectivity index (χ3n) is 3.99. The molecular formula is C18H22N2O5. The smallest absolute Gasteiger partial charge is 0.350 e. The van der Waals surface area contributed by atoms with E-state index < -0.39 is 17.7 Å². The molecule has 2 aliphatic heterocycles. The molecule has 0 unspecified atom stereocenters. The van der Waals surface area contributed by atoms with Gasteiger partial charge < -0.3 is 24.4 Å². The fraction of sp³-hybridized carbons (Fsp3) is 0.444. The number of hydrogen-bond acceptors (Lipinski definition) is 7. The van der Waals surface area contributed by atoms with E-state index in [1.807, 2.05) is 25.1 Å². The minimum Gasteiger partial charge on any atom is -0.419 e. The van der Waals surface area contributed by atoms with Gasteiger partial charge in [-0.15, -0.1) is 0 Å². The molecule has 3 rings (SSSR count). The predicted molar refractivity (Wildman–Crippen MR) is 92.2 cm³/mol. The standard InChI is InChI=1S/C18H22N2O5/c1-12-4-5-15(20-6-8-23-9-7-20)14(10-12)19-11-13-16(21)24-18(2,3)25-17(13)22/h4-5,10-11,19H,6-9H2,1-3H3. The van der Waals surface area contributed by atoms with Crippen LogP contribution in [-0.2, 0) is 23.8 Å².